The maximum Gasteiger partial charge on any atom is 0.343 e. The summed E-state index contributed by atoms with van der Waals surface area (Å²) in [6.45, 7) is 4.61. The molecule has 0 aromatic heterocycles. The van der Waals surface area contributed by atoms with Gasteiger partial charge in [0.2, 0.25) is 0 Å². The smallest absolute Gasteiger partial charge is 0.343 e. The minimum Gasteiger partial charge on any atom is -0.465 e. The molecule has 1 aromatic carbocycles. The van der Waals surface area contributed by atoms with Crippen molar-refractivity contribution in [3.63, 3.8) is 0 Å². The molecule has 0 radical (unpaired) electrons. The number of nitrogens with one attached hydrogen (secondary N) is 1. The molecule has 0 saturated carbocycles. The van der Waals surface area contributed by atoms with Gasteiger partial charge in [-0.1, -0.05) is 17.7 Å². The van der Waals surface area contributed by atoms with Gasteiger partial charge in [-0.15, -0.1) is 0 Å². The average Bonchev–Trinajstić information content (AvgIpc) is 2.47. The summed E-state index contributed by atoms with van der Waals surface area (Å²) in [7, 11) is 1.24. The highest BCUT2D eigenvalue weighted by Gasteiger charge is 2.18. The first-order valence-corrected chi connectivity index (χ1v) is 7.21. The van der Waals surface area contributed by atoms with E-state index in [2.05, 4.69) is 10.1 Å². The second-order valence-corrected chi connectivity index (χ2v) is 5.25. The SMILES string of the molecule is COC(=O)c1cccc(NC=C(C(C)=O)C(=O)OC(C)C)c1Cl. The molecule has 0 atom stereocenters. The number of esters is 2. The molecule has 0 bridgehead atoms. The van der Waals surface area contributed by atoms with E-state index in [-0.39, 0.29) is 22.3 Å². The number of ether oxygens (including phenoxy) is 2. The van der Waals surface area contributed by atoms with Gasteiger partial charge in [-0.25, -0.2) is 9.59 Å². The molecule has 23 heavy (non-hydrogen) atoms. The van der Waals surface area contributed by atoms with E-state index in [1.165, 1.54) is 26.3 Å². The third-order valence-corrected chi connectivity index (χ3v) is 3.13. The molecule has 6 nitrogen and oxygen atoms in total. The third kappa shape index (κ3) is 5.10. The summed E-state index contributed by atoms with van der Waals surface area (Å²) in [6, 6.07) is 4.69. The fraction of sp³-hybridized carbons (Fsp3) is 0.312. The Morgan fingerprint density at radius 3 is 2.43 bits per heavy atom. The number of methoxy groups -OCH3 is 1. The fourth-order valence-electron chi connectivity index (χ4n) is 1.64. The predicted octanol–water partition coefficient (Wildman–Crippen LogP) is 2.96. The van der Waals surface area contributed by atoms with Gasteiger partial charge in [0.05, 0.1) is 29.5 Å². The Hall–Kier alpha value is -2.34. The first-order chi connectivity index (χ1) is 10.8. The van der Waals surface area contributed by atoms with Gasteiger partial charge in [0.15, 0.2) is 5.78 Å². The number of benzene rings is 1. The Morgan fingerprint density at radius 2 is 1.91 bits per heavy atom. The van der Waals surface area contributed by atoms with E-state index < -0.39 is 17.7 Å². The molecule has 1 rings (SSSR count). The van der Waals surface area contributed by atoms with E-state index in [0.717, 1.165) is 0 Å². The molecule has 0 aliphatic heterocycles. The Labute approximate surface area is 139 Å². The van der Waals surface area contributed by atoms with Gasteiger partial charge in [0, 0.05) is 6.20 Å². The standard InChI is InChI=1S/C16H18ClNO5/c1-9(2)23-16(21)12(10(3)19)8-18-13-7-5-6-11(14(13)17)15(20)22-4/h5-9,18H,1-4H3. The normalized spacial score (nSPS) is 11.1. The summed E-state index contributed by atoms with van der Waals surface area (Å²) >= 11 is 6.12. The molecule has 0 spiro atoms. The largest absolute Gasteiger partial charge is 0.465 e. The number of anilines is 1. The van der Waals surface area contributed by atoms with Crippen LogP contribution >= 0.6 is 11.6 Å². The summed E-state index contributed by atoms with van der Waals surface area (Å²) in [5.41, 5.74) is 0.366. The molecule has 0 amide bonds. The van der Waals surface area contributed by atoms with Gasteiger partial charge in [0.25, 0.3) is 0 Å². The summed E-state index contributed by atoms with van der Waals surface area (Å²) in [6.07, 6.45) is 0.853. The highest BCUT2D eigenvalue weighted by Crippen LogP contribution is 2.26. The summed E-state index contributed by atoms with van der Waals surface area (Å²) in [5, 5.41) is 2.87. The van der Waals surface area contributed by atoms with E-state index in [9.17, 15) is 14.4 Å². The van der Waals surface area contributed by atoms with Gasteiger partial charge in [0.1, 0.15) is 5.57 Å². The number of hydrogen-bond donors (Lipinski definition) is 1. The lowest BCUT2D eigenvalue weighted by Crippen LogP contribution is -2.18. The minimum absolute atomic E-state index is 0.121. The van der Waals surface area contributed by atoms with Crippen molar-refractivity contribution in [2.75, 3.05) is 12.4 Å². The Morgan fingerprint density at radius 1 is 1.26 bits per heavy atom. The molecule has 7 heteroatoms. The molecule has 0 aliphatic rings. The van der Waals surface area contributed by atoms with Crippen molar-refractivity contribution in [1.29, 1.82) is 0 Å². The number of hydrogen-bond acceptors (Lipinski definition) is 6. The molecule has 0 heterocycles. The quantitative estimate of drug-likeness (QED) is 0.371. The number of rotatable bonds is 6. The molecule has 1 N–H and O–H groups in total. The first kappa shape index (κ1) is 18.7. The van der Waals surface area contributed by atoms with Crippen LogP contribution in [-0.2, 0) is 19.1 Å². The number of halogens is 1. The lowest BCUT2D eigenvalue weighted by molar-refractivity contribution is -0.143. The summed E-state index contributed by atoms with van der Waals surface area (Å²) in [5.74, 6) is -1.78. The monoisotopic (exact) mass is 339 g/mol. The van der Waals surface area contributed by atoms with E-state index in [1.54, 1.807) is 26.0 Å². The van der Waals surface area contributed by atoms with Crippen molar-refractivity contribution in [2.45, 2.75) is 26.9 Å². The molecule has 124 valence electrons. The van der Waals surface area contributed by atoms with E-state index in [4.69, 9.17) is 16.3 Å². The minimum atomic E-state index is -0.736. The van der Waals surface area contributed by atoms with Crippen LogP contribution in [0.5, 0.6) is 0 Å². The number of Topliss-reactive ketones (excluding diaryl/α,β-unsaturated/α-hetero) is 1. The molecule has 0 saturated heterocycles. The van der Waals surface area contributed by atoms with Crippen LogP contribution in [-0.4, -0.2) is 30.9 Å². The maximum atomic E-state index is 11.9. The highest BCUT2D eigenvalue weighted by molar-refractivity contribution is 6.36. The van der Waals surface area contributed by atoms with Crippen molar-refractivity contribution in [3.05, 3.63) is 40.6 Å². The van der Waals surface area contributed by atoms with Crippen molar-refractivity contribution in [1.82, 2.24) is 0 Å². The molecular formula is C16H18ClNO5. The summed E-state index contributed by atoms with van der Waals surface area (Å²) < 4.78 is 9.62. The van der Waals surface area contributed by atoms with E-state index in [1.807, 2.05) is 0 Å². The third-order valence-electron chi connectivity index (χ3n) is 2.72. The number of ketones is 1. The van der Waals surface area contributed by atoms with E-state index >= 15 is 0 Å². The fourth-order valence-corrected chi connectivity index (χ4v) is 1.90. The van der Waals surface area contributed by atoms with Crippen molar-refractivity contribution >= 4 is 35.0 Å². The van der Waals surface area contributed by atoms with Gasteiger partial charge in [-0.3, -0.25) is 4.79 Å². The zero-order chi connectivity index (χ0) is 17.6. The van der Waals surface area contributed by atoms with Gasteiger partial charge >= 0.3 is 11.9 Å². The van der Waals surface area contributed by atoms with Crippen LogP contribution < -0.4 is 5.32 Å². The van der Waals surface area contributed by atoms with Crippen LogP contribution in [0.15, 0.2) is 30.0 Å². The number of carbonyl (C=O) groups excluding carboxylic acids is 3. The summed E-state index contributed by atoms with van der Waals surface area (Å²) in [4.78, 5) is 35.0. The van der Waals surface area contributed by atoms with Gasteiger partial charge in [-0.05, 0) is 32.9 Å². The second kappa shape index (κ2) is 8.33. The van der Waals surface area contributed by atoms with Crippen LogP contribution in [0.3, 0.4) is 0 Å². The van der Waals surface area contributed by atoms with Crippen LogP contribution in [0.1, 0.15) is 31.1 Å². The van der Waals surface area contributed by atoms with Crippen molar-refractivity contribution < 1.29 is 23.9 Å². The molecule has 1 aromatic rings. The maximum absolute atomic E-state index is 11.9. The van der Waals surface area contributed by atoms with Gasteiger partial charge < -0.3 is 14.8 Å². The Bertz CT molecular complexity index is 652. The highest BCUT2D eigenvalue weighted by atomic mass is 35.5. The van der Waals surface area contributed by atoms with Gasteiger partial charge in [-0.2, -0.15) is 0 Å². The topological polar surface area (TPSA) is 81.7 Å². The molecule has 0 fully saturated rings. The molecular weight excluding hydrogens is 322 g/mol. The van der Waals surface area contributed by atoms with Crippen LogP contribution in [0.25, 0.3) is 0 Å². The zero-order valence-electron chi connectivity index (χ0n) is 13.3. The second-order valence-electron chi connectivity index (χ2n) is 4.87. The van der Waals surface area contributed by atoms with Crippen LogP contribution in [0.2, 0.25) is 5.02 Å². The predicted molar refractivity (Wildman–Crippen MR) is 86.4 cm³/mol. The number of carbonyl (C=O) groups is 3. The average molecular weight is 340 g/mol. The first-order valence-electron chi connectivity index (χ1n) is 6.83. The lowest BCUT2D eigenvalue weighted by Gasteiger charge is -2.11. The zero-order valence-corrected chi connectivity index (χ0v) is 14.1. The van der Waals surface area contributed by atoms with Crippen molar-refractivity contribution in [3.8, 4) is 0 Å². The Balaban J connectivity index is 3.08. The Kier molecular flexibility index (Phi) is 6.78. The van der Waals surface area contributed by atoms with E-state index in [0.29, 0.717) is 5.69 Å². The molecule has 0 aliphatic carbocycles. The van der Waals surface area contributed by atoms with Crippen LogP contribution in [0, 0.1) is 0 Å². The van der Waals surface area contributed by atoms with Crippen molar-refractivity contribution in [2.24, 2.45) is 0 Å². The molecule has 0 unspecified atom stereocenters. The lowest BCUT2D eigenvalue weighted by atomic mass is 10.2. The van der Waals surface area contributed by atoms with Crippen LogP contribution in [0.4, 0.5) is 5.69 Å².